The van der Waals surface area contributed by atoms with Crippen molar-refractivity contribution in [3.05, 3.63) is 82.4 Å². The fourth-order valence-electron chi connectivity index (χ4n) is 4.01. The van der Waals surface area contributed by atoms with Gasteiger partial charge >= 0.3 is 0 Å². The van der Waals surface area contributed by atoms with Crippen LogP contribution in [0.5, 0.6) is 0 Å². The van der Waals surface area contributed by atoms with Crippen LogP contribution in [0.1, 0.15) is 49.5 Å². The van der Waals surface area contributed by atoms with Crippen LogP contribution in [0.15, 0.2) is 61.2 Å². The summed E-state index contributed by atoms with van der Waals surface area (Å²) in [4.78, 5) is 26.7. The zero-order valence-electron chi connectivity index (χ0n) is 17.3. The number of rotatable bonds is 9. The number of nitrogens with zero attached hydrogens (tertiary/aromatic N) is 1. The third-order valence-corrected chi connectivity index (χ3v) is 5.84. The topological polar surface area (TPSA) is 58.6 Å². The van der Waals surface area contributed by atoms with E-state index in [-0.39, 0.29) is 5.91 Å². The minimum atomic E-state index is -0.710. The minimum absolute atomic E-state index is 0.189. The number of amides is 2. The molecular weight excluding hydrogens is 435 g/mol. The van der Waals surface area contributed by atoms with Crippen molar-refractivity contribution in [1.29, 1.82) is 0 Å². The Bertz CT molecular complexity index is 919. The first-order chi connectivity index (χ1) is 15.0. The van der Waals surface area contributed by atoms with Gasteiger partial charge in [-0.2, -0.15) is 0 Å². The monoisotopic (exact) mass is 460 g/mol. The van der Waals surface area contributed by atoms with Crippen molar-refractivity contribution in [3.63, 3.8) is 0 Å². The molecule has 1 saturated heterocycles. The second-order valence-electron chi connectivity index (χ2n) is 7.46. The highest BCUT2D eigenvalue weighted by molar-refractivity contribution is 6.30. The lowest BCUT2D eigenvalue weighted by Gasteiger charge is -2.48. The van der Waals surface area contributed by atoms with Gasteiger partial charge in [0, 0.05) is 16.5 Å². The highest BCUT2D eigenvalue weighted by atomic mass is 35.5. The molecule has 0 spiro atoms. The Balaban J connectivity index is 2.17. The molecule has 4 atom stereocenters. The average Bonchev–Trinajstić information content (AvgIpc) is 2.75. The van der Waals surface area contributed by atoms with Crippen molar-refractivity contribution in [2.75, 3.05) is 0 Å². The summed E-state index contributed by atoms with van der Waals surface area (Å²) in [6, 6.07) is 14.3. The van der Waals surface area contributed by atoms with Crippen molar-refractivity contribution in [3.8, 4) is 0 Å². The van der Waals surface area contributed by atoms with Gasteiger partial charge in [0.25, 0.3) is 5.91 Å². The molecule has 1 heterocycles. The Kier molecular flexibility index (Phi) is 8.13. The molecule has 3 rings (SSSR count). The fourth-order valence-corrected chi connectivity index (χ4v) is 4.33. The molecule has 7 heteroatoms. The van der Waals surface area contributed by atoms with Crippen molar-refractivity contribution in [2.24, 2.45) is 0 Å². The summed E-state index contributed by atoms with van der Waals surface area (Å²) in [6.45, 7) is 5.78. The predicted molar refractivity (Wildman–Crippen MR) is 123 cm³/mol. The van der Waals surface area contributed by atoms with Crippen molar-refractivity contribution in [1.82, 2.24) is 10.2 Å². The summed E-state index contributed by atoms with van der Waals surface area (Å²) in [5.41, 5.74) is 1.70. The maximum absolute atomic E-state index is 13.5. The lowest BCUT2D eigenvalue weighted by molar-refractivity contribution is -0.180. The number of hydrogen-bond donors (Lipinski definition) is 1. The molecule has 0 aromatic heterocycles. The Hall–Kier alpha value is -2.34. The van der Waals surface area contributed by atoms with E-state index in [0.717, 1.165) is 17.5 Å². The maximum Gasteiger partial charge on any atom is 0.254 e. The highest BCUT2D eigenvalue weighted by Crippen LogP contribution is 2.44. The van der Waals surface area contributed by atoms with Crippen LogP contribution >= 0.6 is 23.2 Å². The molecule has 0 unspecified atom stereocenters. The number of carbonyl (C=O) groups is 2. The summed E-state index contributed by atoms with van der Waals surface area (Å²) in [5, 5.41) is 4.01. The number of halogens is 2. The molecule has 0 radical (unpaired) electrons. The standard InChI is InChI=1S/C24H26Cl2N2O3/c1-3-6-20-24(30)28(21(7-4-2)27-15-29)22(16-10-12-18(25)13-11-16)23(31-20)17-8-5-9-19(26)14-17/h3,5,8-15,20-23H,1,4,6-7H2,2H3,(H,27,29)/t20-,21+,22+,23-/m0/s1. The number of nitrogens with one attached hydrogen (secondary N) is 1. The summed E-state index contributed by atoms with van der Waals surface area (Å²) < 4.78 is 6.34. The van der Waals surface area contributed by atoms with Gasteiger partial charge in [-0.05, 0) is 41.8 Å². The molecule has 2 aromatic rings. The van der Waals surface area contributed by atoms with E-state index >= 15 is 0 Å². The van der Waals surface area contributed by atoms with E-state index in [1.54, 1.807) is 29.2 Å². The molecule has 0 bridgehead atoms. The molecule has 0 aliphatic carbocycles. The lowest BCUT2D eigenvalue weighted by Crippen LogP contribution is -2.58. The highest BCUT2D eigenvalue weighted by Gasteiger charge is 2.46. The minimum Gasteiger partial charge on any atom is -0.358 e. The van der Waals surface area contributed by atoms with Crippen molar-refractivity contribution in [2.45, 2.75) is 50.6 Å². The van der Waals surface area contributed by atoms with E-state index in [1.165, 1.54) is 0 Å². The van der Waals surface area contributed by atoms with Crippen LogP contribution in [-0.4, -0.2) is 29.5 Å². The van der Waals surface area contributed by atoms with E-state index in [0.29, 0.717) is 29.3 Å². The van der Waals surface area contributed by atoms with E-state index in [9.17, 15) is 9.59 Å². The first kappa shape index (κ1) is 23.3. The summed E-state index contributed by atoms with van der Waals surface area (Å²) >= 11 is 12.4. The molecule has 1 fully saturated rings. The number of morpholine rings is 1. The first-order valence-corrected chi connectivity index (χ1v) is 11.0. The number of carbonyl (C=O) groups excluding carboxylic acids is 2. The van der Waals surface area contributed by atoms with Gasteiger partial charge in [-0.25, -0.2) is 0 Å². The van der Waals surface area contributed by atoms with Gasteiger partial charge in [-0.15, -0.1) is 6.58 Å². The van der Waals surface area contributed by atoms with Crippen LogP contribution in [0.25, 0.3) is 0 Å². The lowest BCUT2D eigenvalue weighted by atomic mass is 9.90. The van der Waals surface area contributed by atoms with Gasteiger partial charge in [0.1, 0.15) is 18.4 Å². The SMILES string of the molecule is C=CC[C@@H]1O[C@@H](c2cccc(Cl)c2)[C@@H](c2ccc(Cl)cc2)N([C@H](CCC)NC=O)C1=O. The Morgan fingerprint density at radius 2 is 1.90 bits per heavy atom. The Morgan fingerprint density at radius 1 is 1.16 bits per heavy atom. The predicted octanol–water partition coefficient (Wildman–Crippen LogP) is 5.45. The van der Waals surface area contributed by atoms with E-state index in [1.807, 2.05) is 37.3 Å². The number of benzene rings is 2. The van der Waals surface area contributed by atoms with Gasteiger partial charge in [-0.3, -0.25) is 9.59 Å². The third kappa shape index (κ3) is 5.29. The van der Waals surface area contributed by atoms with E-state index < -0.39 is 24.4 Å². The Morgan fingerprint density at radius 3 is 2.52 bits per heavy atom. The molecule has 2 amide bonds. The molecule has 0 saturated carbocycles. The molecule has 2 aromatic carbocycles. The van der Waals surface area contributed by atoms with Crippen molar-refractivity contribution < 1.29 is 14.3 Å². The van der Waals surface area contributed by atoms with Gasteiger partial charge < -0.3 is 15.0 Å². The quantitative estimate of drug-likeness (QED) is 0.399. The zero-order chi connectivity index (χ0) is 22.4. The largest absolute Gasteiger partial charge is 0.358 e. The van der Waals surface area contributed by atoms with Crippen LogP contribution in [-0.2, 0) is 14.3 Å². The molecule has 1 aliphatic heterocycles. The molecule has 1 N–H and O–H groups in total. The van der Waals surface area contributed by atoms with E-state index in [2.05, 4.69) is 11.9 Å². The normalized spacial score (nSPS) is 22.1. The molecular formula is C24H26Cl2N2O3. The Labute approximate surface area is 193 Å². The van der Waals surface area contributed by atoms with Crippen LogP contribution < -0.4 is 5.32 Å². The summed E-state index contributed by atoms with van der Waals surface area (Å²) in [6.07, 6.45) is 2.38. The fraction of sp³-hybridized carbons (Fsp3) is 0.333. The molecule has 1 aliphatic rings. The van der Waals surface area contributed by atoms with Crippen LogP contribution in [0, 0.1) is 0 Å². The first-order valence-electron chi connectivity index (χ1n) is 10.3. The summed E-state index contributed by atoms with van der Waals surface area (Å²) in [7, 11) is 0. The number of hydrogen-bond acceptors (Lipinski definition) is 3. The maximum atomic E-state index is 13.5. The smallest absolute Gasteiger partial charge is 0.254 e. The zero-order valence-corrected chi connectivity index (χ0v) is 18.9. The third-order valence-electron chi connectivity index (χ3n) is 5.36. The molecule has 31 heavy (non-hydrogen) atoms. The summed E-state index contributed by atoms with van der Waals surface area (Å²) in [5.74, 6) is -0.189. The molecule has 5 nitrogen and oxygen atoms in total. The van der Waals surface area contributed by atoms with Gasteiger partial charge in [0.2, 0.25) is 6.41 Å². The van der Waals surface area contributed by atoms with Crippen LogP contribution in [0.3, 0.4) is 0 Å². The number of ether oxygens (including phenoxy) is 1. The van der Waals surface area contributed by atoms with Gasteiger partial charge in [0.05, 0.1) is 6.04 Å². The van der Waals surface area contributed by atoms with Gasteiger partial charge in [0.15, 0.2) is 0 Å². The second kappa shape index (κ2) is 10.8. The van der Waals surface area contributed by atoms with Crippen molar-refractivity contribution >= 4 is 35.5 Å². The molecule has 164 valence electrons. The van der Waals surface area contributed by atoms with Crippen LogP contribution in [0.2, 0.25) is 10.0 Å². The van der Waals surface area contributed by atoms with Crippen LogP contribution in [0.4, 0.5) is 0 Å². The second-order valence-corrected chi connectivity index (χ2v) is 8.33. The van der Waals surface area contributed by atoms with Gasteiger partial charge in [-0.1, -0.05) is 66.9 Å². The average molecular weight is 461 g/mol. The van der Waals surface area contributed by atoms with E-state index in [4.69, 9.17) is 27.9 Å².